The van der Waals surface area contributed by atoms with E-state index in [-0.39, 0.29) is 24.4 Å². The molecule has 5 nitrogen and oxygen atoms in total. The number of hydrogen-bond donors (Lipinski definition) is 3. The Kier molecular flexibility index (Phi) is 4.39. The van der Waals surface area contributed by atoms with Crippen molar-refractivity contribution in [3.63, 3.8) is 0 Å². The minimum Gasteiger partial charge on any atom is -0.353 e. The number of carbonyl (C=O) groups excluding carboxylic acids is 2. The maximum absolute atomic E-state index is 12.0. The van der Waals surface area contributed by atoms with Gasteiger partial charge in [0.25, 0.3) is 0 Å². The molecule has 19 heavy (non-hydrogen) atoms. The van der Waals surface area contributed by atoms with Gasteiger partial charge in [0.05, 0.1) is 12.6 Å². The first-order valence-electron chi connectivity index (χ1n) is 6.13. The Morgan fingerprint density at radius 3 is 2.84 bits per heavy atom. The molecule has 1 fully saturated rings. The highest BCUT2D eigenvalue weighted by molar-refractivity contribution is 6.31. The minimum atomic E-state index is -0.400. The highest BCUT2D eigenvalue weighted by Crippen LogP contribution is 2.22. The quantitative estimate of drug-likeness (QED) is 0.760. The second kappa shape index (κ2) is 6.04. The molecule has 1 aromatic carbocycles. The number of hydrogen-bond acceptors (Lipinski definition) is 3. The summed E-state index contributed by atoms with van der Waals surface area (Å²) in [7, 11) is 0. The van der Waals surface area contributed by atoms with Gasteiger partial charge in [0.2, 0.25) is 11.8 Å². The van der Waals surface area contributed by atoms with Crippen LogP contribution in [0.25, 0.3) is 0 Å². The van der Waals surface area contributed by atoms with Crippen molar-refractivity contribution < 1.29 is 9.59 Å². The van der Waals surface area contributed by atoms with Crippen molar-refractivity contribution in [3.8, 4) is 0 Å². The molecule has 1 aliphatic rings. The van der Waals surface area contributed by atoms with Gasteiger partial charge in [-0.1, -0.05) is 29.8 Å². The smallest absolute Gasteiger partial charge is 0.239 e. The van der Waals surface area contributed by atoms with E-state index in [9.17, 15) is 9.59 Å². The van der Waals surface area contributed by atoms with Gasteiger partial charge in [-0.15, -0.1) is 0 Å². The number of nitrogens with one attached hydrogen (secondary N) is 3. The van der Waals surface area contributed by atoms with E-state index in [1.54, 1.807) is 6.07 Å². The van der Waals surface area contributed by atoms with E-state index in [0.29, 0.717) is 11.6 Å². The van der Waals surface area contributed by atoms with Crippen LogP contribution in [0.15, 0.2) is 24.3 Å². The molecule has 2 amide bonds. The lowest BCUT2D eigenvalue weighted by atomic mass is 10.1. The summed E-state index contributed by atoms with van der Waals surface area (Å²) in [5, 5.41) is 9.04. The molecule has 0 aliphatic carbocycles. The zero-order chi connectivity index (χ0) is 13.8. The van der Waals surface area contributed by atoms with Crippen LogP contribution in [0.5, 0.6) is 0 Å². The van der Waals surface area contributed by atoms with Crippen LogP contribution in [0.4, 0.5) is 0 Å². The van der Waals surface area contributed by atoms with Crippen molar-refractivity contribution in [2.75, 3.05) is 13.1 Å². The average molecular weight is 282 g/mol. The SMILES string of the molecule is C[C@H](NC(=O)C1CNC(=O)CN1)c1ccccc1Cl. The van der Waals surface area contributed by atoms with E-state index in [2.05, 4.69) is 16.0 Å². The fraction of sp³-hybridized carbons (Fsp3) is 0.385. The molecule has 0 spiro atoms. The van der Waals surface area contributed by atoms with Crippen molar-refractivity contribution in [1.82, 2.24) is 16.0 Å². The van der Waals surface area contributed by atoms with Crippen LogP contribution in [0.2, 0.25) is 5.02 Å². The Bertz CT molecular complexity index is 483. The summed E-state index contributed by atoms with van der Waals surface area (Å²) in [5.74, 6) is -0.240. The van der Waals surface area contributed by atoms with Crippen LogP contribution in [-0.4, -0.2) is 30.9 Å². The zero-order valence-electron chi connectivity index (χ0n) is 10.6. The van der Waals surface area contributed by atoms with Crippen LogP contribution < -0.4 is 16.0 Å². The highest BCUT2D eigenvalue weighted by Gasteiger charge is 2.25. The topological polar surface area (TPSA) is 70.2 Å². The lowest BCUT2D eigenvalue weighted by Crippen LogP contribution is -2.58. The molecule has 1 aliphatic heterocycles. The lowest BCUT2D eigenvalue weighted by Gasteiger charge is -2.25. The molecule has 1 heterocycles. The Hall–Kier alpha value is -1.59. The van der Waals surface area contributed by atoms with Crippen LogP contribution in [0.1, 0.15) is 18.5 Å². The third-order valence-electron chi connectivity index (χ3n) is 3.06. The number of rotatable bonds is 3. The van der Waals surface area contributed by atoms with Crippen molar-refractivity contribution in [3.05, 3.63) is 34.9 Å². The fourth-order valence-corrected chi connectivity index (χ4v) is 2.27. The Morgan fingerprint density at radius 2 is 2.21 bits per heavy atom. The second-order valence-corrected chi connectivity index (χ2v) is 4.90. The molecule has 2 atom stereocenters. The summed E-state index contributed by atoms with van der Waals surface area (Å²) < 4.78 is 0. The fourth-order valence-electron chi connectivity index (χ4n) is 1.97. The second-order valence-electron chi connectivity index (χ2n) is 4.49. The summed E-state index contributed by atoms with van der Waals surface area (Å²) in [6.45, 7) is 2.35. The lowest BCUT2D eigenvalue weighted by molar-refractivity contribution is -0.127. The van der Waals surface area contributed by atoms with Gasteiger partial charge in [-0.2, -0.15) is 0 Å². The maximum atomic E-state index is 12.0. The molecule has 0 radical (unpaired) electrons. The molecule has 0 bridgehead atoms. The molecule has 3 N–H and O–H groups in total. The number of piperazine rings is 1. The Morgan fingerprint density at radius 1 is 1.47 bits per heavy atom. The molecular formula is C13H16ClN3O2. The highest BCUT2D eigenvalue weighted by atomic mass is 35.5. The maximum Gasteiger partial charge on any atom is 0.239 e. The first kappa shape index (κ1) is 13.8. The van der Waals surface area contributed by atoms with Crippen molar-refractivity contribution in [2.45, 2.75) is 19.0 Å². The molecule has 0 aromatic heterocycles. The third-order valence-corrected chi connectivity index (χ3v) is 3.40. The number of amides is 2. The van der Waals surface area contributed by atoms with Crippen LogP contribution in [0.3, 0.4) is 0 Å². The zero-order valence-corrected chi connectivity index (χ0v) is 11.3. The van der Waals surface area contributed by atoms with E-state index in [0.717, 1.165) is 5.56 Å². The number of benzene rings is 1. The molecule has 6 heteroatoms. The minimum absolute atomic E-state index is 0.0943. The average Bonchev–Trinajstić information content (AvgIpc) is 2.39. The molecule has 2 rings (SSSR count). The summed E-state index contributed by atoms with van der Waals surface area (Å²) >= 11 is 6.08. The molecule has 102 valence electrons. The number of halogens is 1. The Labute approximate surface area is 116 Å². The van der Waals surface area contributed by atoms with Crippen LogP contribution >= 0.6 is 11.6 Å². The predicted octanol–water partition coefficient (Wildman–Crippen LogP) is 0.605. The summed E-state index contributed by atoms with van der Waals surface area (Å²) in [5.41, 5.74) is 0.873. The standard InChI is InChI=1S/C13H16ClN3O2/c1-8(9-4-2-3-5-10(9)14)17-13(19)11-6-16-12(18)7-15-11/h2-5,8,11,15H,6-7H2,1H3,(H,16,18)(H,17,19)/t8-,11?/m0/s1. The monoisotopic (exact) mass is 281 g/mol. The number of carbonyl (C=O) groups is 2. The van der Waals surface area contributed by atoms with E-state index in [1.807, 2.05) is 25.1 Å². The van der Waals surface area contributed by atoms with Crippen molar-refractivity contribution in [1.29, 1.82) is 0 Å². The summed E-state index contributed by atoms with van der Waals surface area (Å²) in [6.07, 6.45) is 0. The van der Waals surface area contributed by atoms with Gasteiger partial charge in [-0.3, -0.25) is 14.9 Å². The Balaban J connectivity index is 1.95. The largest absolute Gasteiger partial charge is 0.353 e. The van der Waals surface area contributed by atoms with Crippen LogP contribution in [-0.2, 0) is 9.59 Å². The van der Waals surface area contributed by atoms with E-state index in [1.165, 1.54) is 0 Å². The summed E-state index contributed by atoms with van der Waals surface area (Å²) in [4.78, 5) is 23.0. The van der Waals surface area contributed by atoms with Gasteiger partial charge in [-0.05, 0) is 18.6 Å². The molecule has 1 aromatic rings. The van der Waals surface area contributed by atoms with Gasteiger partial charge in [0.1, 0.15) is 6.04 Å². The van der Waals surface area contributed by atoms with E-state index in [4.69, 9.17) is 11.6 Å². The van der Waals surface area contributed by atoms with Gasteiger partial charge in [0, 0.05) is 11.6 Å². The van der Waals surface area contributed by atoms with Crippen molar-refractivity contribution in [2.24, 2.45) is 0 Å². The van der Waals surface area contributed by atoms with Gasteiger partial charge in [-0.25, -0.2) is 0 Å². The molecular weight excluding hydrogens is 266 g/mol. The molecule has 1 unspecified atom stereocenters. The van der Waals surface area contributed by atoms with Gasteiger partial charge >= 0.3 is 0 Å². The van der Waals surface area contributed by atoms with Gasteiger partial charge in [0.15, 0.2) is 0 Å². The first-order chi connectivity index (χ1) is 9.08. The van der Waals surface area contributed by atoms with Gasteiger partial charge < -0.3 is 10.6 Å². The predicted molar refractivity (Wildman–Crippen MR) is 72.8 cm³/mol. The normalized spacial score (nSPS) is 20.5. The van der Waals surface area contributed by atoms with E-state index < -0.39 is 6.04 Å². The first-order valence-corrected chi connectivity index (χ1v) is 6.50. The molecule has 1 saturated heterocycles. The van der Waals surface area contributed by atoms with Crippen LogP contribution in [0, 0.1) is 0 Å². The summed E-state index contributed by atoms with van der Waals surface area (Å²) in [6, 6.07) is 6.81. The third kappa shape index (κ3) is 3.45. The molecule has 0 saturated carbocycles. The van der Waals surface area contributed by atoms with Crippen molar-refractivity contribution >= 4 is 23.4 Å². The van der Waals surface area contributed by atoms with E-state index >= 15 is 0 Å².